The predicted molar refractivity (Wildman–Crippen MR) is 62.5 cm³/mol. The van der Waals surface area contributed by atoms with Gasteiger partial charge in [0.15, 0.2) is 0 Å². The van der Waals surface area contributed by atoms with E-state index in [4.69, 9.17) is 0 Å². The van der Waals surface area contributed by atoms with Gasteiger partial charge in [0.1, 0.15) is 0 Å². The summed E-state index contributed by atoms with van der Waals surface area (Å²) in [5, 5.41) is 3.37. The molecular formula is C12H22N2. The van der Waals surface area contributed by atoms with E-state index in [1.54, 1.807) is 0 Å². The molecule has 1 rings (SSSR count). The Morgan fingerprint density at radius 3 is 2.43 bits per heavy atom. The summed E-state index contributed by atoms with van der Waals surface area (Å²) < 4.78 is 0. The number of piperazine rings is 1. The average Bonchev–Trinajstić information content (AvgIpc) is 2.18. The standard InChI is InChI=1S/C12H22N2/c1-4-5-12(11(2)3)10-14-8-6-13-7-9-14/h4-5,13H,6-10H2,1-3H3/b5-4-. The van der Waals surface area contributed by atoms with Gasteiger partial charge in [-0.2, -0.15) is 0 Å². The summed E-state index contributed by atoms with van der Waals surface area (Å²) in [6, 6.07) is 0. The lowest BCUT2D eigenvalue weighted by Gasteiger charge is -2.28. The maximum absolute atomic E-state index is 3.37. The molecule has 0 radical (unpaired) electrons. The third-order valence-electron chi connectivity index (χ3n) is 2.61. The molecule has 1 fully saturated rings. The van der Waals surface area contributed by atoms with Gasteiger partial charge >= 0.3 is 0 Å². The first-order valence-corrected chi connectivity index (χ1v) is 5.46. The third-order valence-corrected chi connectivity index (χ3v) is 2.61. The van der Waals surface area contributed by atoms with Gasteiger partial charge in [0.05, 0.1) is 0 Å². The van der Waals surface area contributed by atoms with E-state index in [-0.39, 0.29) is 0 Å². The summed E-state index contributed by atoms with van der Waals surface area (Å²) in [7, 11) is 0. The van der Waals surface area contributed by atoms with Gasteiger partial charge in [-0.05, 0) is 26.3 Å². The van der Waals surface area contributed by atoms with Gasteiger partial charge < -0.3 is 5.32 Å². The summed E-state index contributed by atoms with van der Waals surface area (Å²) in [6.07, 6.45) is 4.36. The van der Waals surface area contributed by atoms with Crippen molar-refractivity contribution in [1.29, 1.82) is 0 Å². The molecule has 0 aromatic heterocycles. The molecule has 2 heteroatoms. The molecule has 1 saturated heterocycles. The summed E-state index contributed by atoms with van der Waals surface area (Å²) in [5.74, 6) is 0. The molecule has 2 nitrogen and oxygen atoms in total. The van der Waals surface area contributed by atoms with Crippen molar-refractivity contribution in [2.45, 2.75) is 20.8 Å². The van der Waals surface area contributed by atoms with Crippen molar-refractivity contribution in [3.63, 3.8) is 0 Å². The summed E-state index contributed by atoms with van der Waals surface area (Å²) in [5.41, 5.74) is 2.90. The van der Waals surface area contributed by atoms with E-state index in [2.05, 4.69) is 43.1 Å². The monoisotopic (exact) mass is 194 g/mol. The highest BCUT2D eigenvalue weighted by Crippen LogP contribution is 2.08. The van der Waals surface area contributed by atoms with Crippen molar-refractivity contribution in [2.24, 2.45) is 0 Å². The zero-order chi connectivity index (χ0) is 10.4. The van der Waals surface area contributed by atoms with Crippen LogP contribution in [-0.2, 0) is 0 Å². The van der Waals surface area contributed by atoms with E-state index in [1.807, 2.05) is 0 Å². The summed E-state index contributed by atoms with van der Waals surface area (Å²) in [6.45, 7) is 12.2. The first-order valence-electron chi connectivity index (χ1n) is 5.46. The smallest absolute Gasteiger partial charge is 0.0234 e. The number of hydrogen-bond acceptors (Lipinski definition) is 2. The van der Waals surface area contributed by atoms with Crippen molar-refractivity contribution in [2.75, 3.05) is 32.7 Å². The van der Waals surface area contributed by atoms with Crippen LogP contribution >= 0.6 is 0 Å². The fourth-order valence-corrected chi connectivity index (χ4v) is 1.69. The molecule has 0 atom stereocenters. The second-order valence-electron chi connectivity index (χ2n) is 4.05. The minimum atomic E-state index is 1.11. The average molecular weight is 194 g/mol. The van der Waals surface area contributed by atoms with Crippen LogP contribution in [0.3, 0.4) is 0 Å². The Kier molecular flexibility index (Phi) is 4.91. The maximum atomic E-state index is 3.37. The quantitative estimate of drug-likeness (QED) is 0.689. The van der Waals surface area contributed by atoms with Gasteiger partial charge in [0.25, 0.3) is 0 Å². The molecule has 1 N–H and O–H groups in total. The molecule has 80 valence electrons. The second kappa shape index (κ2) is 5.99. The van der Waals surface area contributed by atoms with E-state index in [1.165, 1.54) is 24.2 Å². The van der Waals surface area contributed by atoms with Gasteiger partial charge in [-0.25, -0.2) is 0 Å². The van der Waals surface area contributed by atoms with Gasteiger partial charge in [0, 0.05) is 32.7 Å². The molecule has 0 unspecified atom stereocenters. The summed E-state index contributed by atoms with van der Waals surface area (Å²) >= 11 is 0. The minimum Gasteiger partial charge on any atom is -0.314 e. The van der Waals surface area contributed by atoms with Gasteiger partial charge in [0.2, 0.25) is 0 Å². The van der Waals surface area contributed by atoms with E-state index in [0.29, 0.717) is 0 Å². The van der Waals surface area contributed by atoms with Crippen LogP contribution in [0.15, 0.2) is 23.3 Å². The Labute approximate surface area is 87.7 Å². The van der Waals surface area contributed by atoms with Crippen molar-refractivity contribution >= 4 is 0 Å². The molecular weight excluding hydrogens is 172 g/mol. The Morgan fingerprint density at radius 1 is 1.29 bits per heavy atom. The first-order chi connectivity index (χ1) is 6.74. The topological polar surface area (TPSA) is 15.3 Å². The summed E-state index contributed by atoms with van der Waals surface area (Å²) in [4.78, 5) is 2.51. The first kappa shape index (κ1) is 11.5. The Balaban J connectivity index is 2.50. The number of rotatable bonds is 3. The number of hydrogen-bond donors (Lipinski definition) is 1. The molecule has 0 aliphatic carbocycles. The van der Waals surface area contributed by atoms with E-state index < -0.39 is 0 Å². The highest BCUT2D eigenvalue weighted by Gasteiger charge is 2.10. The normalized spacial score (nSPS) is 18.8. The molecule has 0 spiro atoms. The molecule has 1 aliphatic rings. The Bertz CT molecular complexity index is 218. The van der Waals surface area contributed by atoms with Crippen molar-refractivity contribution < 1.29 is 0 Å². The van der Waals surface area contributed by atoms with E-state index in [0.717, 1.165) is 19.6 Å². The van der Waals surface area contributed by atoms with Crippen LogP contribution in [0.25, 0.3) is 0 Å². The molecule has 1 aliphatic heterocycles. The van der Waals surface area contributed by atoms with Crippen molar-refractivity contribution in [3.8, 4) is 0 Å². The van der Waals surface area contributed by atoms with Crippen molar-refractivity contribution in [1.82, 2.24) is 10.2 Å². The molecule has 0 aromatic carbocycles. The van der Waals surface area contributed by atoms with E-state index in [9.17, 15) is 0 Å². The lowest BCUT2D eigenvalue weighted by Crippen LogP contribution is -2.44. The van der Waals surface area contributed by atoms with Crippen LogP contribution in [0.2, 0.25) is 0 Å². The maximum Gasteiger partial charge on any atom is 0.0234 e. The zero-order valence-corrected chi connectivity index (χ0v) is 9.64. The Morgan fingerprint density at radius 2 is 1.93 bits per heavy atom. The number of allylic oxidation sites excluding steroid dienone is 2. The SMILES string of the molecule is C/C=C\C(CN1CCNCC1)=C(C)C. The minimum absolute atomic E-state index is 1.11. The Hall–Kier alpha value is -0.600. The third kappa shape index (κ3) is 3.64. The van der Waals surface area contributed by atoms with Crippen LogP contribution in [0, 0.1) is 0 Å². The molecule has 0 bridgehead atoms. The van der Waals surface area contributed by atoms with Gasteiger partial charge in [-0.3, -0.25) is 4.90 Å². The highest BCUT2D eigenvalue weighted by molar-refractivity contribution is 5.24. The zero-order valence-electron chi connectivity index (χ0n) is 9.64. The van der Waals surface area contributed by atoms with Crippen LogP contribution in [0.1, 0.15) is 20.8 Å². The molecule has 0 aromatic rings. The van der Waals surface area contributed by atoms with Crippen LogP contribution < -0.4 is 5.32 Å². The number of nitrogens with one attached hydrogen (secondary N) is 1. The molecule has 1 heterocycles. The fraction of sp³-hybridized carbons (Fsp3) is 0.667. The molecule has 0 saturated carbocycles. The fourth-order valence-electron chi connectivity index (χ4n) is 1.69. The lowest BCUT2D eigenvalue weighted by atomic mass is 10.1. The van der Waals surface area contributed by atoms with E-state index >= 15 is 0 Å². The van der Waals surface area contributed by atoms with Crippen LogP contribution in [0.4, 0.5) is 0 Å². The largest absolute Gasteiger partial charge is 0.314 e. The van der Waals surface area contributed by atoms with Gasteiger partial charge in [-0.1, -0.05) is 17.7 Å². The van der Waals surface area contributed by atoms with Gasteiger partial charge in [-0.15, -0.1) is 0 Å². The lowest BCUT2D eigenvalue weighted by molar-refractivity contribution is 0.260. The van der Waals surface area contributed by atoms with Crippen LogP contribution in [-0.4, -0.2) is 37.6 Å². The highest BCUT2D eigenvalue weighted by atomic mass is 15.2. The predicted octanol–water partition coefficient (Wildman–Crippen LogP) is 1.80. The van der Waals surface area contributed by atoms with Crippen molar-refractivity contribution in [3.05, 3.63) is 23.3 Å². The second-order valence-corrected chi connectivity index (χ2v) is 4.05. The molecule has 0 amide bonds. The molecule has 14 heavy (non-hydrogen) atoms. The van der Waals surface area contributed by atoms with Crippen LogP contribution in [0.5, 0.6) is 0 Å². The number of nitrogens with zero attached hydrogens (tertiary/aromatic N) is 1.